The molecule has 2 aromatic rings. The molecule has 0 saturated carbocycles. The number of phenols is 1. The van der Waals surface area contributed by atoms with Crippen LogP contribution in [0.5, 0.6) is 11.5 Å². The number of para-hydroxylation sites is 1. The van der Waals surface area contributed by atoms with Crippen molar-refractivity contribution >= 4 is 17.7 Å². The van der Waals surface area contributed by atoms with Gasteiger partial charge in [0.25, 0.3) is 0 Å². The third-order valence-corrected chi connectivity index (χ3v) is 4.21. The average Bonchev–Trinajstić information content (AvgIpc) is 3.01. The molecule has 4 nitrogen and oxygen atoms in total. The number of thioether (sulfide) groups is 1. The Hall–Kier alpha value is -2.40. The Morgan fingerprint density at radius 1 is 1.18 bits per heavy atom. The molecule has 3 rings (SSSR count). The first-order valence-corrected chi connectivity index (χ1v) is 7.83. The van der Waals surface area contributed by atoms with E-state index >= 15 is 0 Å². The fourth-order valence-electron chi connectivity index (χ4n) is 2.27. The van der Waals surface area contributed by atoms with Crippen molar-refractivity contribution in [2.24, 2.45) is 0 Å². The molecule has 0 aromatic heterocycles. The van der Waals surface area contributed by atoms with Gasteiger partial charge in [0, 0.05) is 12.6 Å². The number of esters is 1. The third-order valence-electron chi connectivity index (χ3n) is 3.28. The topological polar surface area (TPSA) is 58.6 Å². The molecular weight excluding hydrogens is 298 g/mol. The van der Waals surface area contributed by atoms with Crippen LogP contribution >= 0.6 is 11.8 Å². The molecule has 5 heteroatoms. The minimum absolute atomic E-state index is 0.0608. The maximum atomic E-state index is 12.4. The van der Waals surface area contributed by atoms with Gasteiger partial charge >= 0.3 is 5.97 Å². The van der Waals surface area contributed by atoms with Crippen LogP contribution in [0.4, 0.5) is 0 Å². The highest BCUT2D eigenvalue weighted by Crippen LogP contribution is 2.27. The van der Waals surface area contributed by atoms with Crippen LogP contribution in [0.3, 0.4) is 0 Å². The first-order valence-electron chi connectivity index (χ1n) is 6.88. The highest BCUT2D eigenvalue weighted by Gasteiger charge is 2.21. The fraction of sp³-hybridized carbons (Fsp3) is 0.118. The lowest BCUT2D eigenvalue weighted by atomic mass is 10.0. The number of carbonyl (C=O) groups is 1. The van der Waals surface area contributed by atoms with Gasteiger partial charge in [-0.1, -0.05) is 30.3 Å². The van der Waals surface area contributed by atoms with E-state index in [1.165, 1.54) is 6.07 Å². The van der Waals surface area contributed by atoms with Gasteiger partial charge in [-0.05, 0) is 29.2 Å². The maximum absolute atomic E-state index is 12.4. The Bertz CT molecular complexity index is 692. The van der Waals surface area contributed by atoms with E-state index in [2.05, 4.69) is 5.32 Å². The van der Waals surface area contributed by atoms with Crippen molar-refractivity contribution in [1.82, 2.24) is 5.32 Å². The van der Waals surface area contributed by atoms with Crippen molar-refractivity contribution < 1.29 is 14.6 Å². The van der Waals surface area contributed by atoms with Crippen LogP contribution in [-0.2, 0) is 6.42 Å². The average molecular weight is 313 g/mol. The van der Waals surface area contributed by atoms with Crippen LogP contribution < -0.4 is 10.1 Å². The summed E-state index contributed by atoms with van der Waals surface area (Å²) in [5.74, 6) is -0.152. The second kappa shape index (κ2) is 6.58. The van der Waals surface area contributed by atoms with Gasteiger partial charge < -0.3 is 15.2 Å². The smallest absolute Gasteiger partial charge is 0.347 e. The Balaban J connectivity index is 1.83. The quantitative estimate of drug-likeness (QED) is 0.670. The van der Waals surface area contributed by atoms with Gasteiger partial charge in [-0.2, -0.15) is 0 Å². The Labute approximate surface area is 132 Å². The van der Waals surface area contributed by atoms with E-state index in [4.69, 9.17) is 4.74 Å². The van der Waals surface area contributed by atoms with Crippen LogP contribution in [0, 0.1) is 0 Å². The highest BCUT2D eigenvalue weighted by molar-refractivity contribution is 8.02. The van der Waals surface area contributed by atoms with Crippen molar-refractivity contribution in [3.63, 3.8) is 0 Å². The number of rotatable bonds is 4. The standard InChI is InChI=1S/C17H15NO3S/c19-14-8-4-5-12(11-15-18-9-10-22-15)16(14)17(20)21-13-6-2-1-3-7-13/h1-10,15,18-19H,11H2. The van der Waals surface area contributed by atoms with Crippen LogP contribution in [-0.4, -0.2) is 16.4 Å². The van der Waals surface area contributed by atoms with Gasteiger partial charge in [-0.25, -0.2) is 4.79 Å². The molecule has 2 N–H and O–H groups in total. The summed E-state index contributed by atoms with van der Waals surface area (Å²) in [4.78, 5) is 12.4. The zero-order chi connectivity index (χ0) is 15.4. The number of ether oxygens (including phenoxy) is 1. The Morgan fingerprint density at radius 2 is 2.00 bits per heavy atom. The molecule has 0 bridgehead atoms. The number of carbonyl (C=O) groups excluding carboxylic acids is 1. The number of hydrogen-bond acceptors (Lipinski definition) is 5. The molecule has 0 saturated heterocycles. The molecule has 0 amide bonds. The van der Waals surface area contributed by atoms with Crippen molar-refractivity contribution in [1.29, 1.82) is 0 Å². The summed E-state index contributed by atoms with van der Waals surface area (Å²) in [6.45, 7) is 0. The molecule has 0 fully saturated rings. The summed E-state index contributed by atoms with van der Waals surface area (Å²) in [7, 11) is 0. The summed E-state index contributed by atoms with van der Waals surface area (Å²) in [5.41, 5.74) is 0.982. The highest BCUT2D eigenvalue weighted by atomic mass is 32.2. The lowest BCUT2D eigenvalue weighted by molar-refractivity contribution is 0.0730. The molecule has 112 valence electrons. The second-order valence-electron chi connectivity index (χ2n) is 4.81. The van der Waals surface area contributed by atoms with Gasteiger partial charge in [0.2, 0.25) is 0 Å². The largest absolute Gasteiger partial charge is 0.507 e. The SMILES string of the molecule is O=C(Oc1ccccc1)c1c(O)cccc1CC1NC=CS1. The van der Waals surface area contributed by atoms with Crippen molar-refractivity contribution in [2.45, 2.75) is 11.8 Å². The van der Waals surface area contributed by atoms with E-state index in [1.54, 1.807) is 42.1 Å². The van der Waals surface area contributed by atoms with Crippen LogP contribution in [0.25, 0.3) is 0 Å². The predicted octanol–water partition coefficient (Wildman–Crippen LogP) is 3.29. The second-order valence-corrected chi connectivity index (χ2v) is 5.93. The van der Waals surface area contributed by atoms with Gasteiger partial charge in [0.15, 0.2) is 0 Å². The van der Waals surface area contributed by atoms with E-state index < -0.39 is 5.97 Å². The summed E-state index contributed by atoms with van der Waals surface area (Å²) < 4.78 is 5.34. The van der Waals surface area contributed by atoms with E-state index in [1.807, 2.05) is 23.7 Å². The molecule has 1 unspecified atom stereocenters. The van der Waals surface area contributed by atoms with E-state index in [0.717, 1.165) is 5.56 Å². The third kappa shape index (κ3) is 3.26. The number of hydrogen-bond donors (Lipinski definition) is 2. The van der Waals surface area contributed by atoms with E-state index in [0.29, 0.717) is 12.2 Å². The molecule has 0 aliphatic carbocycles. The lowest BCUT2D eigenvalue weighted by Crippen LogP contribution is -2.21. The van der Waals surface area contributed by atoms with Gasteiger partial charge in [-0.15, -0.1) is 11.8 Å². The number of benzene rings is 2. The predicted molar refractivity (Wildman–Crippen MR) is 86.9 cm³/mol. The first kappa shape index (κ1) is 14.5. The van der Waals surface area contributed by atoms with Crippen molar-refractivity contribution in [3.8, 4) is 11.5 Å². The lowest BCUT2D eigenvalue weighted by Gasteiger charge is -2.14. The summed E-state index contributed by atoms with van der Waals surface area (Å²) in [6, 6.07) is 13.9. The normalized spacial score (nSPS) is 16.3. The Kier molecular flexibility index (Phi) is 4.34. The number of nitrogens with one attached hydrogen (secondary N) is 1. The molecule has 0 radical (unpaired) electrons. The molecule has 22 heavy (non-hydrogen) atoms. The number of phenolic OH excluding ortho intramolecular Hbond substituents is 1. The van der Waals surface area contributed by atoms with Gasteiger partial charge in [0.05, 0.1) is 5.37 Å². The summed E-state index contributed by atoms with van der Waals surface area (Å²) >= 11 is 1.64. The first-order chi connectivity index (χ1) is 10.7. The fourth-order valence-corrected chi connectivity index (χ4v) is 3.05. The monoisotopic (exact) mass is 313 g/mol. The Morgan fingerprint density at radius 3 is 2.73 bits per heavy atom. The minimum atomic E-state index is -0.546. The summed E-state index contributed by atoms with van der Waals surface area (Å²) in [6.07, 6.45) is 2.49. The molecule has 1 heterocycles. The van der Waals surface area contributed by atoms with Gasteiger partial charge in [0.1, 0.15) is 17.1 Å². The van der Waals surface area contributed by atoms with Gasteiger partial charge in [-0.3, -0.25) is 0 Å². The zero-order valence-corrected chi connectivity index (χ0v) is 12.5. The van der Waals surface area contributed by atoms with Crippen LogP contribution in [0.2, 0.25) is 0 Å². The maximum Gasteiger partial charge on any atom is 0.347 e. The van der Waals surface area contributed by atoms with Crippen molar-refractivity contribution in [3.05, 3.63) is 71.3 Å². The summed E-state index contributed by atoms with van der Waals surface area (Å²) in [5, 5.41) is 15.4. The molecule has 1 aliphatic rings. The molecule has 2 aromatic carbocycles. The van der Waals surface area contributed by atoms with Crippen LogP contribution in [0.15, 0.2) is 60.1 Å². The van der Waals surface area contributed by atoms with Crippen molar-refractivity contribution in [2.75, 3.05) is 0 Å². The van der Waals surface area contributed by atoms with E-state index in [9.17, 15) is 9.90 Å². The molecular formula is C17H15NO3S. The molecule has 1 atom stereocenters. The van der Waals surface area contributed by atoms with Crippen LogP contribution in [0.1, 0.15) is 15.9 Å². The number of aromatic hydroxyl groups is 1. The minimum Gasteiger partial charge on any atom is -0.507 e. The zero-order valence-electron chi connectivity index (χ0n) is 11.7. The van der Waals surface area contributed by atoms with E-state index in [-0.39, 0.29) is 16.7 Å². The molecule has 0 spiro atoms. The molecule has 1 aliphatic heterocycles.